The van der Waals surface area contributed by atoms with E-state index in [-0.39, 0.29) is 18.0 Å². The Balaban J connectivity index is 1.53. The van der Waals surface area contributed by atoms with Gasteiger partial charge in [-0.1, -0.05) is 48.0 Å². The maximum Gasteiger partial charge on any atom is 0.264 e. The van der Waals surface area contributed by atoms with E-state index >= 15 is 0 Å². The lowest BCUT2D eigenvalue weighted by atomic mass is 10.2. The number of sulfonamides is 1. The normalized spacial score (nSPS) is 12.8. The standard InChI is InChI=1S/C27H22ClFN2O3S/c28-19-9-13-21(14-10-19)31(35(33,34)23-15-11-20(29)12-16-23)18-22(32)17-30-26-7-3-1-5-24(26)25-6-2-4-8-27(25)30/h1-16,22,32H,17-18H2. The number of halogens is 2. The van der Waals surface area contributed by atoms with Gasteiger partial charge in [-0.15, -0.1) is 0 Å². The zero-order valence-electron chi connectivity index (χ0n) is 18.6. The molecule has 0 fully saturated rings. The van der Waals surface area contributed by atoms with Gasteiger partial charge in [0.1, 0.15) is 5.82 Å². The molecule has 5 aromatic rings. The average molecular weight is 509 g/mol. The predicted molar refractivity (Wildman–Crippen MR) is 138 cm³/mol. The zero-order chi connectivity index (χ0) is 24.6. The molecular formula is C27H22ClFN2O3S. The summed E-state index contributed by atoms with van der Waals surface area (Å²) in [6.45, 7) is -0.0285. The highest BCUT2D eigenvalue weighted by Crippen LogP contribution is 2.30. The molecule has 0 aliphatic carbocycles. The monoisotopic (exact) mass is 508 g/mol. The van der Waals surface area contributed by atoms with Crippen molar-refractivity contribution in [2.24, 2.45) is 0 Å². The third kappa shape index (κ3) is 4.50. The number of rotatable bonds is 7. The van der Waals surface area contributed by atoms with Gasteiger partial charge in [0, 0.05) is 26.8 Å². The van der Waals surface area contributed by atoms with Crippen LogP contribution in [0.1, 0.15) is 0 Å². The number of benzene rings is 4. The van der Waals surface area contributed by atoms with Crippen molar-refractivity contribution < 1.29 is 17.9 Å². The first-order valence-electron chi connectivity index (χ1n) is 11.0. The van der Waals surface area contributed by atoms with Crippen LogP contribution in [0.5, 0.6) is 0 Å². The van der Waals surface area contributed by atoms with Crippen LogP contribution >= 0.6 is 11.6 Å². The Labute approximate surface area is 207 Å². The largest absolute Gasteiger partial charge is 0.389 e. The van der Waals surface area contributed by atoms with Gasteiger partial charge in [0.15, 0.2) is 0 Å². The summed E-state index contributed by atoms with van der Waals surface area (Å²) in [4.78, 5) is -0.0714. The molecule has 1 unspecified atom stereocenters. The van der Waals surface area contributed by atoms with Crippen molar-refractivity contribution >= 4 is 49.1 Å². The molecule has 0 aliphatic rings. The molecule has 0 radical (unpaired) electrons. The van der Waals surface area contributed by atoms with Gasteiger partial charge in [-0.05, 0) is 60.7 Å². The van der Waals surface area contributed by atoms with Crippen molar-refractivity contribution in [1.82, 2.24) is 4.57 Å². The Morgan fingerprint density at radius 1 is 0.829 bits per heavy atom. The topological polar surface area (TPSA) is 62.5 Å². The molecule has 178 valence electrons. The van der Waals surface area contributed by atoms with Gasteiger partial charge in [0.2, 0.25) is 0 Å². The van der Waals surface area contributed by atoms with Gasteiger partial charge in [-0.25, -0.2) is 12.8 Å². The van der Waals surface area contributed by atoms with Crippen molar-refractivity contribution in [2.45, 2.75) is 17.5 Å². The summed E-state index contributed by atoms with van der Waals surface area (Å²) in [7, 11) is -4.09. The lowest BCUT2D eigenvalue weighted by molar-refractivity contribution is 0.166. The van der Waals surface area contributed by atoms with Crippen LogP contribution in [0, 0.1) is 5.82 Å². The molecule has 5 nitrogen and oxygen atoms in total. The number of nitrogens with zero attached hydrogens (tertiary/aromatic N) is 2. The van der Waals surface area contributed by atoms with Gasteiger partial charge in [-0.3, -0.25) is 4.31 Å². The maximum atomic E-state index is 13.5. The van der Waals surface area contributed by atoms with Gasteiger partial charge in [0.25, 0.3) is 10.0 Å². The first-order valence-corrected chi connectivity index (χ1v) is 12.8. The fourth-order valence-electron chi connectivity index (χ4n) is 4.34. The van der Waals surface area contributed by atoms with Crippen molar-refractivity contribution in [1.29, 1.82) is 0 Å². The highest BCUT2D eigenvalue weighted by molar-refractivity contribution is 7.92. The Morgan fingerprint density at radius 2 is 1.37 bits per heavy atom. The summed E-state index contributed by atoms with van der Waals surface area (Å²) in [5, 5.41) is 13.7. The number of para-hydroxylation sites is 2. The maximum absolute atomic E-state index is 13.5. The SMILES string of the molecule is O=S(=O)(c1ccc(F)cc1)N(CC(O)Cn1c2ccccc2c2ccccc21)c1ccc(Cl)cc1. The number of aliphatic hydroxyl groups is 1. The van der Waals surface area contributed by atoms with Crippen LogP contribution in [0.2, 0.25) is 5.02 Å². The third-order valence-corrected chi connectivity index (χ3v) is 8.03. The number of aromatic nitrogens is 1. The third-order valence-electron chi connectivity index (χ3n) is 5.97. The highest BCUT2D eigenvalue weighted by Gasteiger charge is 2.28. The van der Waals surface area contributed by atoms with Crippen LogP contribution in [0.25, 0.3) is 21.8 Å². The number of aliphatic hydroxyl groups excluding tert-OH is 1. The molecule has 1 atom stereocenters. The second kappa shape index (κ2) is 9.34. The molecule has 0 saturated heterocycles. The zero-order valence-corrected chi connectivity index (χ0v) is 20.1. The minimum absolute atomic E-state index is 0.0714. The quantitative estimate of drug-likeness (QED) is 0.300. The van der Waals surface area contributed by atoms with Crippen LogP contribution in [0.3, 0.4) is 0 Å². The lowest BCUT2D eigenvalue weighted by Crippen LogP contribution is -2.39. The summed E-state index contributed by atoms with van der Waals surface area (Å²) < 4.78 is 43.7. The van der Waals surface area contributed by atoms with E-state index in [2.05, 4.69) is 0 Å². The molecule has 1 aromatic heterocycles. The van der Waals surface area contributed by atoms with Crippen LogP contribution in [0.15, 0.2) is 102 Å². The molecule has 0 aliphatic heterocycles. The first-order chi connectivity index (χ1) is 16.8. The summed E-state index contributed by atoms with van der Waals surface area (Å²) in [5.74, 6) is -0.534. The first kappa shape index (κ1) is 23.4. The fraction of sp³-hybridized carbons (Fsp3) is 0.111. The predicted octanol–water partition coefficient (Wildman–Crippen LogP) is 5.84. The second-order valence-corrected chi connectivity index (χ2v) is 10.6. The molecule has 8 heteroatoms. The second-order valence-electron chi connectivity index (χ2n) is 8.27. The van der Waals surface area contributed by atoms with E-state index in [1.807, 2.05) is 53.1 Å². The van der Waals surface area contributed by atoms with Crippen molar-refractivity contribution in [3.05, 3.63) is 108 Å². The van der Waals surface area contributed by atoms with Crippen LogP contribution < -0.4 is 4.31 Å². The van der Waals surface area contributed by atoms with Gasteiger partial charge >= 0.3 is 0 Å². The molecule has 1 heterocycles. The molecule has 0 spiro atoms. The molecule has 4 aromatic carbocycles. The Morgan fingerprint density at radius 3 is 1.94 bits per heavy atom. The van der Waals surface area contributed by atoms with Crippen molar-refractivity contribution in [2.75, 3.05) is 10.8 Å². The molecule has 5 rings (SSSR count). The fourth-order valence-corrected chi connectivity index (χ4v) is 5.97. The smallest absolute Gasteiger partial charge is 0.264 e. The van der Waals surface area contributed by atoms with E-state index < -0.39 is 21.9 Å². The number of fused-ring (bicyclic) bond motifs is 3. The number of hydrogen-bond acceptors (Lipinski definition) is 3. The summed E-state index contributed by atoms with van der Waals surface area (Å²) in [5.41, 5.74) is 2.25. The molecule has 0 bridgehead atoms. The average Bonchev–Trinajstić information content (AvgIpc) is 3.17. The van der Waals surface area contributed by atoms with Gasteiger partial charge in [-0.2, -0.15) is 0 Å². The van der Waals surface area contributed by atoms with Crippen molar-refractivity contribution in [3.63, 3.8) is 0 Å². The van der Waals surface area contributed by atoms with Gasteiger partial charge < -0.3 is 9.67 Å². The minimum Gasteiger partial charge on any atom is -0.389 e. The molecule has 0 saturated carbocycles. The van der Waals surface area contributed by atoms with E-state index in [1.165, 1.54) is 12.1 Å². The summed E-state index contributed by atoms with van der Waals surface area (Å²) in [6.07, 6.45) is -1.04. The van der Waals surface area contributed by atoms with E-state index in [4.69, 9.17) is 11.6 Å². The highest BCUT2D eigenvalue weighted by atomic mass is 35.5. The van der Waals surface area contributed by atoms with Crippen LogP contribution in [-0.4, -0.2) is 30.7 Å². The minimum atomic E-state index is -4.09. The van der Waals surface area contributed by atoms with Crippen LogP contribution in [-0.2, 0) is 16.6 Å². The van der Waals surface area contributed by atoms with Crippen LogP contribution in [0.4, 0.5) is 10.1 Å². The number of anilines is 1. The number of hydrogen-bond donors (Lipinski definition) is 1. The Kier molecular flexibility index (Phi) is 6.23. The molecule has 1 N–H and O–H groups in total. The Hall–Kier alpha value is -3.39. The Bertz CT molecular complexity index is 1550. The van der Waals surface area contributed by atoms with E-state index in [1.54, 1.807) is 24.3 Å². The van der Waals surface area contributed by atoms with E-state index in [0.29, 0.717) is 10.7 Å². The van der Waals surface area contributed by atoms with E-state index in [9.17, 15) is 17.9 Å². The lowest BCUT2D eigenvalue weighted by Gasteiger charge is -2.27. The molecular weight excluding hydrogens is 487 g/mol. The van der Waals surface area contributed by atoms with Gasteiger partial charge in [0.05, 0.1) is 29.8 Å². The molecule has 35 heavy (non-hydrogen) atoms. The van der Waals surface area contributed by atoms with Crippen molar-refractivity contribution in [3.8, 4) is 0 Å². The summed E-state index contributed by atoms with van der Waals surface area (Å²) in [6, 6.07) is 26.8. The summed E-state index contributed by atoms with van der Waals surface area (Å²) >= 11 is 6.01. The van der Waals surface area contributed by atoms with E-state index in [0.717, 1.165) is 38.2 Å². The molecule has 0 amide bonds.